The van der Waals surface area contributed by atoms with Crippen molar-refractivity contribution in [3.63, 3.8) is 0 Å². The molecule has 0 fully saturated rings. The van der Waals surface area contributed by atoms with Gasteiger partial charge < -0.3 is 4.74 Å². The molecule has 0 radical (unpaired) electrons. The van der Waals surface area contributed by atoms with E-state index in [1.54, 1.807) is 6.07 Å². The van der Waals surface area contributed by atoms with Crippen LogP contribution in [0.3, 0.4) is 0 Å². The summed E-state index contributed by atoms with van der Waals surface area (Å²) in [6.07, 6.45) is 1.10. The van der Waals surface area contributed by atoms with Crippen LogP contribution in [0.1, 0.15) is 27.7 Å². The van der Waals surface area contributed by atoms with Crippen LogP contribution in [-0.4, -0.2) is 21.8 Å². The van der Waals surface area contributed by atoms with Crippen LogP contribution in [0.4, 0.5) is 0 Å². The Kier molecular flexibility index (Phi) is 10.2. The number of sulfone groups is 1. The highest BCUT2D eigenvalue weighted by Gasteiger charge is 2.12. The Labute approximate surface area is 110 Å². The van der Waals surface area contributed by atoms with Gasteiger partial charge in [-0.2, -0.15) is 0 Å². The van der Waals surface area contributed by atoms with Crippen molar-refractivity contribution >= 4 is 21.4 Å². The van der Waals surface area contributed by atoms with E-state index in [0.717, 1.165) is 6.26 Å². The number of ether oxygens (including phenoxy) is 1. The van der Waals surface area contributed by atoms with Gasteiger partial charge in [-0.15, -0.1) is 0 Å². The molecule has 3 nitrogen and oxygen atoms in total. The maximum Gasteiger partial charge on any atom is 0.177 e. The van der Waals surface area contributed by atoms with Crippen molar-refractivity contribution in [3.05, 3.63) is 23.2 Å². The standard InChI is InChI=1S/C8H9ClO3S.2C2H6/c1-12-6-3-4-7(9)8(5-6)13(2,10)11;2*1-2/h3-5H,1-2H3;2*1-2H3. The number of hydrogen-bond acceptors (Lipinski definition) is 3. The van der Waals surface area contributed by atoms with Gasteiger partial charge in [0, 0.05) is 12.3 Å². The first kappa shape index (κ1) is 18.6. The van der Waals surface area contributed by atoms with E-state index in [2.05, 4.69) is 0 Å². The van der Waals surface area contributed by atoms with Crippen LogP contribution in [0.25, 0.3) is 0 Å². The van der Waals surface area contributed by atoms with Gasteiger partial charge in [-0.05, 0) is 12.1 Å². The molecule has 0 aromatic heterocycles. The van der Waals surface area contributed by atoms with E-state index in [9.17, 15) is 8.42 Å². The van der Waals surface area contributed by atoms with Gasteiger partial charge in [0.25, 0.3) is 0 Å². The van der Waals surface area contributed by atoms with Gasteiger partial charge in [-0.1, -0.05) is 39.3 Å². The molecule has 0 N–H and O–H groups in total. The molecule has 0 atom stereocenters. The average molecular weight is 281 g/mol. The third-order valence-electron chi connectivity index (χ3n) is 1.54. The fraction of sp³-hybridized carbons (Fsp3) is 0.500. The molecule has 0 bridgehead atoms. The maximum absolute atomic E-state index is 11.2. The van der Waals surface area contributed by atoms with Crippen LogP contribution in [0, 0.1) is 0 Å². The molecule has 1 aromatic carbocycles. The quantitative estimate of drug-likeness (QED) is 0.827. The van der Waals surface area contributed by atoms with Gasteiger partial charge in [-0.3, -0.25) is 0 Å². The van der Waals surface area contributed by atoms with Gasteiger partial charge in [0.15, 0.2) is 9.84 Å². The second-order valence-corrected chi connectivity index (χ2v) is 4.96. The summed E-state index contributed by atoms with van der Waals surface area (Å²) < 4.78 is 27.2. The molecule has 0 saturated carbocycles. The Hall–Kier alpha value is -0.740. The van der Waals surface area contributed by atoms with Crippen molar-refractivity contribution in [2.24, 2.45) is 0 Å². The number of methoxy groups -OCH3 is 1. The monoisotopic (exact) mass is 280 g/mol. The molecule has 0 aliphatic rings. The van der Waals surface area contributed by atoms with Crippen LogP contribution < -0.4 is 4.74 Å². The summed E-state index contributed by atoms with van der Waals surface area (Å²) in [5, 5.41) is 0.211. The van der Waals surface area contributed by atoms with Crippen LogP contribution in [-0.2, 0) is 9.84 Å². The number of benzene rings is 1. The first-order valence-corrected chi connectivity index (χ1v) is 7.75. The largest absolute Gasteiger partial charge is 0.497 e. The minimum Gasteiger partial charge on any atom is -0.497 e. The lowest BCUT2D eigenvalue weighted by Gasteiger charge is -2.04. The van der Waals surface area contributed by atoms with E-state index < -0.39 is 9.84 Å². The van der Waals surface area contributed by atoms with Gasteiger partial charge in [0.2, 0.25) is 0 Å². The first-order chi connectivity index (χ1) is 7.95. The zero-order valence-corrected chi connectivity index (χ0v) is 12.8. The highest BCUT2D eigenvalue weighted by atomic mass is 35.5. The van der Waals surface area contributed by atoms with E-state index in [-0.39, 0.29) is 9.92 Å². The second kappa shape index (κ2) is 9.31. The molecule has 0 spiro atoms. The lowest BCUT2D eigenvalue weighted by molar-refractivity contribution is 0.413. The van der Waals surface area contributed by atoms with E-state index in [1.165, 1.54) is 19.2 Å². The number of rotatable bonds is 2. The Morgan fingerprint density at radius 2 is 1.59 bits per heavy atom. The predicted octanol–water partition coefficient (Wildman–Crippen LogP) is 3.80. The third-order valence-corrected chi connectivity index (χ3v) is 3.12. The third kappa shape index (κ3) is 6.54. The molecule has 17 heavy (non-hydrogen) atoms. The van der Waals surface area contributed by atoms with Crippen LogP contribution in [0.5, 0.6) is 5.75 Å². The highest BCUT2D eigenvalue weighted by Crippen LogP contribution is 2.25. The second-order valence-electron chi connectivity index (χ2n) is 2.57. The summed E-state index contributed by atoms with van der Waals surface area (Å²) in [6.45, 7) is 8.00. The van der Waals surface area contributed by atoms with Gasteiger partial charge in [0.05, 0.1) is 17.0 Å². The number of halogens is 1. The van der Waals surface area contributed by atoms with Crippen molar-refractivity contribution in [1.82, 2.24) is 0 Å². The molecule has 100 valence electrons. The molecule has 1 aromatic rings. The molecular formula is C12H21ClO3S. The molecule has 0 aliphatic carbocycles. The molecule has 0 saturated heterocycles. The normalized spacial score (nSPS) is 9.35. The average Bonchev–Trinajstić information content (AvgIpc) is 2.33. The molecule has 0 unspecified atom stereocenters. The van der Waals surface area contributed by atoms with Gasteiger partial charge >= 0.3 is 0 Å². The Bertz CT molecular complexity index is 414. The molecule has 5 heteroatoms. The molecule has 0 aliphatic heterocycles. The number of hydrogen-bond donors (Lipinski definition) is 0. The van der Waals surface area contributed by atoms with Crippen molar-refractivity contribution in [3.8, 4) is 5.75 Å². The minimum atomic E-state index is -3.28. The summed E-state index contributed by atoms with van der Waals surface area (Å²) in [6, 6.07) is 4.51. The molecule has 0 amide bonds. The van der Waals surface area contributed by atoms with Crippen molar-refractivity contribution < 1.29 is 13.2 Å². The van der Waals surface area contributed by atoms with Crippen molar-refractivity contribution in [1.29, 1.82) is 0 Å². The fourth-order valence-electron chi connectivity index (χ4n) is 0.895. The zero-order valence-electron chi connectivity index (χ0n) is 11.2. The zero-order chi connectivity index (χ0) is 14.1. The maximum atomic E-state index is 11.2. The minimum absolute atomic E-state index is 0.0912. The van der Waals surface area contributed by atoms with E-state index >= 15 is 0 Å². The highest BCUT2D eigenvalue weighted by molar-refractivity contribution is 7.90. The van der Waals surface area contributed by atoms with Crippen LogP contribution in [0.15, 0.2) is 23.1 Å². The Morgan fingerprint density at radius 1 is 1.12 bits per heavy atom. The SMILES string of the molecule is CC.CC.COc1ccc(Cl)c(S(C)(=O)=O)c1. The smallest absolute Gasteiger partial charge is 0.177 e. The summed E-state index contributed by atoms with van der Waals surface area (Å²) in [7, 11) is -1.81. The van der Waals surface area contributed by atoms with Crippen molar-refractivity contribution in [2.75, 3.05) is 13.4 Å². The lowest BCUT2D eigenvalue weighted by atomic mass is 10.3. The molecule has 1 rings (SSSR count). The van der Waals surface area contributed by atoms with E-state index in [1.807, 2.05) is 27.7 Å². The van der Waals surface area contributed by atoms with Crippen LogP contribution in [0.2, 0.25) is 5.02 Å². The summed E-state index contributed by atoms with van der Waals surface area (Å²) >= 11 is 5.70. The van der Waals surface area contributed by atoms with E-state index in [0.29, 0.717) is 5.75 Å². The first-order valence-electron chi connectivity index (χ1n) is 5.49. The lowest BCUT2D eigenvalue weighted by Crippen LogP contribution is -1.98. The fourth-order valence-corrected chi connectivity index (χ4v) is 2.19. The molecular weight excluding hydrogens is 260 g/mol. The molecule has 0 heterocycles. The summed E-state index contributed by atoms with van der Waals surface area (Å²) in [4.78, 5) is 0.0912. The summed E-state index contributed by atoms with van der Waals surface area (Å²) in [5.74, 6) is 0.477. The predicted molar refractivity (Wildman–Crippen MR) is 73.8 cm³/mol. The van der Waals surface area contributed by atoms with Crippen molar-refractivity contribution in [2.45, 2.75) is 32.6 Å². The van der Waals surface area contributed by atoms with Gasteiger partial charge in [0.1, 0.15) is 5.75 Å². The summed E-state index contributed by atoms with van der Waals surface area (Å²) in [5.41, 5.74) is 0. The Balaban J connectivity index is 0. The topological polar surface area (TPSA) is 43.4 Å². The van der Waals surface area contributed by atoms with Crippen LogP contribution >= 0.6 is 11.6 Å². The van der Waals surface area contributed by atoms with Gasteiger partial charge in [-0.25, -0.2) is 8.42 Å². The van der Waals surface area contributed by atoms with E-state index in [4.69, 9.17) is 16.3 Å². The Morgan fingerprint density at radius 3 is 1.94 bits per heavy atom.